The van der Waals surface area contributed by atoms with Crippen molar-refractivity contribution in [2.75, 3.05) is 6.54 Å². The van der Waals surface area contributed by atoms with Crippen LogP contribution in [0.3, 0.4) is 0 Å². The number of carbonyl (C=O) groups is 1. The molecule has 4 atom stereocenters. The van der Waals surface area contributed by atoms with Gasteiger partial charge in [-0.2, -0.15) is 0 Å². The number of rotatable bonds is 3. The van der Waals surface area contributed by atoms with Gasteiger partial charge in [-0.1, -0.05) is 24.3 Å². The molecule has 1 aromatic carbocycles. The third-order valence-electron chi connectivity index (χ3n) is 4.80. The molecule has 1 saturated heterocycles. The highest BCUT2D eigenvalue weighted by atomic mass is 16.2. The summed E-state index contributed by atoms with van der Waals surface area (Å²) in [6, 6.07) is 9.13. The highest BCUT2D eigenvalue weighted by Gasteiger charge is 2.45. The van der Waals surface area contributed by atoms with Crippen molar-refractivity contribution in [3.63, 3.8) is 0 Å². The van der Waals surface area contributed by atoms with E-state index < -0.39 is 0 Å². The molecule has 1 aliphatic heterocycles. The molecular formula is C17H24N2O. The molecule has 1 heterocycles. The molecule has 3 nitrogen and oxygen atoms in total. The van der Waals surface area contributed by atoms with Crippen LogP contribution in [0.15, 0.2) is 24.3 Å². The van der Waals surface area contributed by atoms with Crippen LogP contribution in [0.4, 0.5) is 0 Å². The number of amides is 1. The van der Waals surface area contributed by atoms with Crippen LogP contribution in [-0.4, -0.2) is 24.5 Å². The van der Waals surface area contributed by atoms with E-state index in [1.165, 1.54) is 11.1 Å². The Balaban J connectivity index is 1.59. The molecule has 3 heteroatoms. The average molecular weight is 272 g/mol. The molecule has 1 aliphatic carbocycles. The SMILES string of the molecule is Cc1ccccc1C1CC1C(=O)NC1CCCNC1C. The zero-order valence-corrected chi connectivity index (χ0v) is 12.4. The molecule has 108 valence electrons. The van der Waals surface area contributed by atoms with E-state index in [0.29, 0.717) is 18.0 Å². The number of hydrogen-bond acceptors (Lipinski definition) is 2. The Labute approximate surface area is 121 Å². The number of nitrogens with one attached hydrogen (secondary N) is 2. The number of carbonyl (C=O) groups excluding carboxylic acids is 1. The summed E-state index contributed by atoms with van der Waals surface area (Å²) in [4.78, 5) is 12.4. The highest BCUT2D eigenvalue weighted by molar-refractivity contribution is 5.83. The Kier molecular flexibility index (Phi) is 3.79. The monoisotopic (exact) mass is 272 g/mol. The molecule has 2 fully saturated rings. The maximum Gasteiger partial charge on any atom is 0.224 e. The van der Waals surface area contributed by atoms with Crippen molar-refractivity contribution >= 4 is 5.91 Å². The van der Waals surface area contributed by atoms with Crippen LogP contribution >= 0.6 is 0 Å². The lowest BCUT2D eigenvalue weighted by atomic mass is 9.99. The Hall–Kier alpha value is -1.35. The van der Waals surface area contributed by atoms with Crippen molar-refractivity contribution < 1.29 is 4.79 Å². The largest absolute Gasteiger partial charge is 0.352 e. The van der Waals surface area contributed by atoms with E-state index >= 15 is 0 Å². The van der Waals surface area contributed by atoms with Crippen molar-refractivity contribution in [3.8, 4) is 0 Å². The summed E-state index contributed by atoms with van der Waals surface area (Å²) in [5.74, 6) is 0.868. The normalized spacial score (nSPS) is 32.7. The Morgan fingerprint density at radius 3 is 2.90 bits per heavy atom. The first kappa shape index (κ1) is 13.6. The maximum absolute atomic E-state index is 12.4. The summed E-state index contributed by atoms with van der Waals surface area (Å²) in [6.45, 7) is 5.37. The molecular weight excluding hydrogens is 248 g/mol. The third kappa shape index (κ3) is 2.73. The maximum atomic E-state index is 12.4. The predicted octanol–water partition coefficient (Wildman–Crippen LogP) is 2.36. The molecule has 0 aromatic heterocycles. The van der Waals surface area contributed by atoms with Gasteiger partial charge in [0.2, 0.25) is 5.91 Å². The van der Waals surface area contributed by atoms with Gasteiger partial charge in [0, 0.05) is 18.0 Å². The Morgan fingerprint density at radius 1 is 1.35 bits per heavy atom. The molecule has 3 rings (SSSR count). The van der Waals surface area contributed by atoms with Crippen LogP contribution in [0.2, 0.25) is 0 Å². The van der Waals surface area contributed by atoms with E-state index in [0.717, 1.165) is 25.8 Å². The molecule has 1 saturated carbocycles. The quantitative estimate of drug-likeness (QED) is 0.887. The lowest BCUT2D eigenvalue weighted by Crippen LogP contribution is -2.52. The van der Waals surface area contributed by atoms with E-state index in [1.54, 1.807) is 0 Å². The number of benzene rings is 1. The smallest absolute Gasteiger partial charge is 0.224 e. The second-order valence-corrected chi connectivity index (χ2v) is 6.31. The lowest BCUT2D eigenvalue weighted by molar-refractivity contribution is -0.123. The summed E-state index contributed by atoms with van der Waals surface area (Å²) in [5, 5.41) is 6.68. The van der Waals surface area contributed by atoms with Crippen molar-refractivity contribution in [1.29, 1.82) is 0 Å². The second kappa shape index (κ2) is 5.57. The van der Waals surface area contributed by atoms with Gasteiger partial charge in [0.15, 0.2) is 0 Å². The van der Waals surface area contributed by atoms with Crippen molar-refractivity contribution in [2.24, 2.45) is 5.92 Å². The van der Waals surface area contributed by atoms with Crippen molar-refractivity contribution in [1.82, 2.24) is 10.6 Å². The summed E-state index contributed by atoms with van der Waals surface area (Å²) in [5.41, 5.74) is 2.66. The summed E-state index contributed by atoms with van der Waals surface area (Å²) < 4.78 is 0. The van der Waals surface area contributed by atoms with Gasteiger partial charge < -0.3 is 10.6 Å². The molecule has 4 unspecified atom stereocenters. The fourth-order valence-corrected chi connectivity index (χ4v) is 3.36. The van der Waals surface area contributed by atoms with Gasteiger partial charge in [0.25, 0.3) is 0 Å². The number of aryl methyl sites for hydroxylation is 1. The van der Waals surface area contributed by atoms with Gasteiger partial charge in [-0.05, 0) is 56.7 Å². The van der Waals surface area contributed by atoms with E-state index in [-0.39, 0.29) is 11.8 Å². The molecule has 1 aromatic rings. The van der Waals surface area contributed by atoms with Crippen molar-refractivity contribution in [2.45, 2.75) is 51.1 Å². The first-order valence-electron chi connectivity index (χ1n) is 7.76. The van der Waals surface area contributed by atoms with Gasteiger partial charge in [-0.3, -0.25) is 4.79 Å². The van der Waals surface area contributed by atoms with Crippen LogP contribution in [0.25, 0.3) is 0 Å². The topological polar surface area (TPSA) is 41.1 Å². The number of piperidine rings is 1. The van der Waals surface area contributed by atoms with Crippen LogP contribution in [0, 0.1) is 12.8 Å². The lowest BCUT2D eigenvalue weighted by Gasteiger charge is -2.30. The minimum absolute atomic E-state index is 0.185. The van der Waals surface area contributed by atoms with Crippen LogP contribution in [0.1, 0.15) is 43.2 Å². The van der Waals surface area contributed by atoms with E-state index in [2.05, 4.69) is 48.7 Å². The Bertz CT molecular complexity index is 500. The minimum Gasteiger partial charge on any atom is -0.352 e. The molecule has 2 N–H and O–H groups in total. The van der Waals surface area contributed by atoms with E-state index in [4.69, 9.17) is 0 Å². The average Bonchev–Trinajstić information content (AvgIpc) is 3.22. The summed E-state index contributed by atoms with van der Waals surface area (Å²) in [7, 11) is 0. The third-order valence-corrected chi connectivity index (χ3v) is 4.80. The second-order valence-electron chi connectivity index (χ2n) is 6.31. The van der Waals surface area contributed by atoms with E-state index in [9.17, 15) is 4.79 Å². The van der Waals surface area contributed by atoms with Crippen molar-refractivity contribution in [3.05, 3.63) is 35.4 Å². The van der Waals surface area contributed by atoms with Crippen LogP contribution < -0.4 is 10.6 Å². The molecule has 20 heavy (non-hydrogen) atoms. The van der Waals surface area contributed by atoms with Crippen LogP contribution in [-0.2, 0) is 4.79 Å². The molecule has 0 spiro atoms. The predicted molar refractivity (Wildman–Crippen MR) is 80.7 cm³/mol. The first-order valence-corrected chi connectivity index (χ1v) is 7.76. The zero-order valence-electron chi connectivity index (χ0n) is 12.4. The minimum atomic E-state index is 0.185. The van der Waals surface area contributed by atoms with Gasteiger partial charge >= 0.3 is 0 Å². The fourth-order valence-electron chi connectivity index (χ4n) is 3.36. The van der Waals surface area contributed by atoms with Crippen LogP contribution in [0.5, 0.6) is 0 Å². The summed E-state index contributed by atoms with van der Waals surface area (Å²) in [6.07, 6.45) is 3.26. The summed E-state index contributed by atoms with van der Waals surface area (Å²) >= 11 is 0. The molecule has 1 amide bonds. The standard InChI is InChI=1S/C17H24N2O/c1-11-6-3-4-7-13(11)14-10-15(14)17(20)19-16-8-5-9-18-12(16)2/h3-4,6-7,12,14-16,18H,5,8-10H2,1-2H3,(H,19,20). The van der Waals surface area contributed by atoms with E-state index in [1.807, 2.05) is 0 Å². The van der Waals surface area contributed by atoms with Gasteiger partial charge in [-0.15, -0.1) is 0 Å². The van der Waals surface area contributed by atoms with Gasteiger partial charge in [-0.25, -0.2) is 0 Å². The first-order chi connectivity index (χ1) is 9.66. The Morgan fingerprint density at radius 2 is 2.15 bits per heavy atom. The van der Waals surface area contributed by atoms with Gasteiger partial charge in [0.05, 0.1) is 0 Å². The number of hydrogen-bond donors (Lipinski definition) is 2. The molecule has 0 radical (unpaired) electrons. The highest BCUT2D eigenvalue weighted by Crippen LogP contribution is 2.48. The zero-order chi connectivity index (χ0) is 14.1. The van der Waals surface area contributed by atoms with Gasteiger partial charge in [0.1, 0.15) is 0 Å². The molecule has 0 bridgehead atoms. The molecule has 2 aliphatic rings. The fraction of sp³-hybridized carbons (Fsp3) is 0.588.